The summed E-state index contributed by atoms with van der Waals surface area (Å²) in [4.78, 5) is 15.4. The van der Waals surface area contributed by atoms with Gasteiger partial charge in [-0.05, 0) is 30.4 Å². The number of nitro benzene ring substituents is 1. The van der Waals surface area contributed by atoms with Gasteiger partial charge in [0.2, 0.25) is 0 Å². The van der Waals surface area contributed by atoms with Gasteiger partial charge in [-0.2, -0.15) is 0 Å². The lowest BCUT2D eigenvalue weighted by molar-refractivity contribution is -0.384. The van der Waals surface area contributed by atoms with E-state index in [0.29, 0.717) is 5.33 Å². The van der Waals surface area contributed by atoms with Gasteiger partial charge >= 0.3 is 0 Å². The number of hydrogen-bond donors (Lipinski definition) is 0. The second kappa shape index (κ2) is 6.32. The molecule has 0 unspecified atom stereocenters. The van der Waals surface area contributed by atoms with Crippen molar-refractivity contribution in [2.75, 3.05) is 37.6 Å². The highest BCUT2D eigenvalue weighted by Crippen LogP contribution is 2.31. The van der Waals surface area contributed by atoms with Crippen LogP contribution in [-0.4, -0.2) is 42.5 Å². The average Bonchev–Trinajstić information content (AvgIpc) is 3.31. The van der Waals surface area contributed by atoms with Crippen LogP contribution in [0.2, 0.25) is 0 Å². The van der Waals surface area contributed by atoms with Crippen molar-refractivity contribution in [2.24, 2.45) is 5.92 Å². The van der Waals surface area contributed by atoms with Crippen LogP contribution in [0.4, 0.5) is 11.4 Å². The lowest BCUT2D eigenvalue weighted by Crippen LogP contribution is -2.47. The van der Waals surface area contributed by atoms with Gasteiger partial charge < -0.3 is 4.90 Å². The van der Waals surface area contributed by atoms with Gasteiger partial charge in [0.05, 0.1) is 4.92 Å². The molecule has 1 aliphatic heterocycles. The number of alkyl halides is 1. The molecular formula is C15H20BrN3O2. The number of anilines is 1. The molecule has 0 amide bonds. The highest BCUT2D eigenvalue weighted by atomic mass is 79.9. The number of benzene rings is 1. The van der Waals surface area contributed by atoms with Crippen molar-refractivity contribution in [3.05, 3.63) is 33.9 Å². The van der Waals surface area contributed by atoms with Gasteiger partial charge in [0.1, 0.15) is 0 Å². The molecule has 2 aliphatic rings. The monoisotopic (exact) mass is 353 g/mol. The zero-order valence-corrected chi connectivity index (χ0v) is 13.6. The number of nitrogens with zero attached hydrogens (tertiary/aromatic N) is 3. The Balaban J connectivity index is 1.67. The minimum absolute atomic E-state index is 0.167. The molecule has 0 bridgehead atoms. The van der Waals surface area contributed by atoms with Crippen LogP contribution >= 0.6 is 15.9 Å². The van der Waals surface area contributed by atoms with Crippen molar-refractivity contribution in [1.29, 1.82) is 0 Å². The molecule has 0 atom stereocenters. The molecule has 1 saturated heterocycles. The number of hydrogen-bond acceptors (Lipinski definition) is 4. The van der Waals surface area contributed by atoms with Crippen molar-refractivity contribution >= 4 is 27.3 Å². The summed E-state index contributed by atoms with van der Waals surface area (Å²) in [5, 5.41) is 11.5. The van der Waals surface area contributed by atoms with Gasteiger partial charge in [0.15, 0.2) is 0 Å². The number of rotatable bonds is 5. The number of halogens is 1. The predicted octanol–water partition coefficient (Wildman–Crippen LogP) is 3.02. The maximum absolute atomic E-state index is 10.9. The van der Waals surface area contributed by atoms with Crippen molar-refractivity contribution < 1.29 is 4.92 Å². The van der Waals surface area contributed by atoms with Crippen LogP contribution in [0, 0.1) is 16.0 Å². The van der Waals surface area contributed by atoms with E-state index in [1.165, 1.54) is 19.4 Å². The van der Waals surface area contributed by atoms with Crippen molar-refractivity contribution in [3.8, 4) is 0 Å². The van der Waals surface area contributed by atoms with E-state index < -0.39 is 0 Å². The van der Waals surface area contributed by atoms with Gasteiger partial charge in [-0.3, -0.25) is 15.0 Å². The van der Waals surface area contributed by atoms with Gasteiger partial charge in [0, 0.05) is 55.9 Å². The summed E-state index contributed by atoms with van der Waals surface area (Å²) in [5.74, 6) is 0.939. The molecule has 3 rings (SSSR count). The number of non-ortho nitro benzene ring substituents is 1. The standard InChI is InChI=1S/C15H20BrN3O2/c16-10-13-9-14(19(20)21)3-4-15(13)18-7-5-17(6-8-18)11-12-1-2-12/h3-4,9,12H,1-2,5-8,10-11H2. The maximum atomic E-state index is 10.9. The average molecular weight is 354 g/mol. The Hall–Kier alpha value is -1.14. The summed E-state index contributed by atoms with van der Waals surface area (Å²) in [7, 11) is 0. The summed E-state index contributed by atoms with van der Waals surface area (Å²) in [6.45, 7) is 5.44. The van der Waals surface area contributed by atoms with Crippen LogP contribution in [0.3, 0.4) is 0 Å². The fourth-order valence-electron chi connectivity index (χ4n) is 2.94. The zero-order chi connectivity index (χ0) is 14.8. The largest absolute Gasteiger partial charge is 0.369 e. The summed E-state index contributed by atoms with van der Waals surface area (Å²) >= 11 is 3.45. The van der Waals surface area contributed by atoms with E-state index in [-0.39, 0.29) is 10.6 Å². The van der Waals surface area contributed by atoms with Crippen LogP contribution in [0.5, 0.6) is 0 Å². The molecule has 2 fully saturated rings. The van der Waals surface area contributed by atoms with Crippen LogP contribution in [0.25, 0.3) is 0 Å². The molecule has 1 saturated carbocycles. The van der Waals surface area contributed by atoms with Crippen molar-refractivity contribution in [3.63, 3.8) is 0 Å². The normalized spacial score (nSPS) is 19.8. The fraction of sp³-hybridized carbons (Fsp3) is 0.600. The highest BCUT2D eigenvalue weighted by Gasteiger charge is 2.27. The van der Waals surface area contributed by atoms with Crippen LogP contribution in [0.15, 0.2) is 18.2 Å². The third-order valence-electron chi connectivity index (χ3n) is 4.34. The maximum Gasteiger partial charge on any atom is 0.269 e. The lowest BCUT2D eigenvalue weighted by Gasteiger charge is -2.37. The van der Waals surface area contributed by atoms with E-state index in [9.17, 15) is 10.1 Å². The van der Waals surface area contributed by atoms with Crippen LogP contribution in [0.1, 0.15) is 18.4 Å². The Kier molecular flexibility index (Phi) is 4.45. The first-order valence-corrected chi connectivity index (χ1v) is 8.60. The Morgan fingerprint density at radius 3 is 2.52 bits per heavy atom. The van der Waals surface area contributed by atoms with E-state index in [4.69, 9.17) is 0 Å². The molecule has 0 spiro atoms. The lowest BCUT2D eigenvalue weighted by atomic mass is 10.1. The Bertz CT molecular complexity index is 526. The molecule has 5 nitrogen and oxygen atoms in total. The van der Waals surface area contributed by atoms with Crippen molar-refractivity contribution in [2.45, 2.75) is 18.2 Å². The molecule has 0 N–H and O–H groups in total. The smallest absolute Gasteiger partial charge is 0.269 e. The van der Waals surface area contributed by atoms with Gasteiger partial charge in [0.25, 0.3) is 5.69 Å². The summed E-state index contributed by atoms with van der Waals surface area (Å²) in [6.07, 6.45) is 2.80. The Labute approximate surface area is 133 Å². The number of piperazine rings is 1. The van der Waals surface area contributed by atoms with E-state index in [1.807, 2.05) is 6.07 Å². The van der Waals surface area contributed by atoms with E-state index in [2.05, 4.69) is 25.7 Å². The van der Waals surface area contributed by atoms with E-state index in [1.54, 1.807) is 12.1 Å². The summed E-state index contributed by atoms with van der Waals surface area (Å²) in [5.41, 5.74) is 2.30. The van der Waals surface area contributed by atoms with Crippen LogP contribution < -0.4 is 4.90 Å². The quantitative estimate of drug-likeness (QED) is 0.463. The topological polar surface area (TPSA) is 49.6 Å². The minimum atomic E-state index is -0.330. The first-order valence-electron chi connectivity index (χ1n) is 7.48. The molecule has 1 aliphatic carbocycles. The molecule has 21 heavy (non-hydrogen) atoms. The molecule has 0 aromatic heterocycles. The second-order valence-electron chi connectivity index (χ2n) is 5.93. The molecule has 1 aromatic rings. The molecule has 0 radical (unpaired) electrons. The minimum Gasteiger partial charge on any atom is -0.369 e. The predicted molar refractivity (Wildman–Crippen MR) is 87.1 cm³/mol. The first kappa shape index (κ1) is 14.8. The highest BCUT2D eigenvalue weighted by molar-refractivity contribution is 9.08. The zero-order valence-electron chi connectivity index (χ0n) is 12.0. The molecule has 114 valence electrons. The Morgan fingerprint density at radius 2 is 1.95 bits per heavy atom. The Morgan fingerprint density at radius 1 is 1.24 bits per heavy atom. The SMILES string of the molecule is O=[N+]([O-])c1ccc(N2CCN(CC3CC3)CC2)c(CBr)c1. The molecule has 1 aromatic carbocycles. The van der Waals surface area contributed by atoms with Gasteiger partial charge in [-0.1, -0.05) is 15.9 Å². The van der Waals surface area contributed by atoms with Crippen molar-refractivity contribution in [1.82, 2.24) is 4.90 Å². The first-order chi connectivity index (χ1) is 10.2. The van der Waals surface area contributed by atoms with E-state index in [0.717, 1.165) is 43.3 Å². The van der Waals surface area contributed by atoms with E-state index >= 15 is 0 Å². The number of nitro groups is 1. The third kappa shape index (κ3) is 3.55. The third-order valence-corrected chi connectivity index (χ3v) is 4.95. The molecular weight excluding hydrogens is 334 g/mol. The second-order valence-corrected chi connectivity index (χ2v) is 6.50. The fourth-order valence-corrected chi connectivity index (χ4v) is 3.39. The summed E-state index contributed by atoms with van der Waals surface area (Å²) < 4.78 is 0. The molecule has 6 heteroatoms. The van der Waals surface area contributed by atoms with Gasteiger partial charge in [-0.15, -0.1) is 0 Å². The van der Waals surface area contributed by atoms with Crippen LogP contribution in [-0.2, 0) is 5.33 Å². The van der Waals surface area contributed by atoms with Gasteiger partial charge in [-0.25, -0.2) is 0 Å². The molecule has 1 heterocycles. The summed E-state index contributed by atoms with van der Waals surface area (Å²) in [6, 6.07) is 5.18.